The van der Waals surface area contributed by atoms with E-state index >= 15 is 0 Å². The topological polar surface area (TPSA) is 77.9 Å². The summed E-state index contributed by atoms with van der Waals surface area (Å²) in [6.45, 7) is 2.39. The Morgan fingerprint density at radius 1 is 1.26 bits per heavy atom. The maximum Gasteiger partial charge on any atom is 0.323 e. The summed E-state index contributed by atoms with van der Waals surface area (Å²) in [5.41, 5.74) is -0.143. The van der Waals surface area contributed by atoms with Gasteiger partial charge in [0.15, 0.2) is 0 Å². The van der Waals surface area contributed by atoms with E-state index in [1.807, 2.05) is 18.2 Å². The van der Waals surface area contributed by atoms with Crippen LogP contribution in [0, 0.1) is 5.41 Å². The molecule has 23 heavy (non-hydrogen) atoms. The van der Waals surface area contributed by atoms with Crippen molar-refractivity contribution in [3.63, 3.8) is 0 Å². The zero-order valence-electron chi connectivity index (χ0n) is 13.5. The summed E-state index contributed by atoms with van der Waals surface area (Å²) in [6.07, 6.45) is 1.37. The van der Waals surface area contributed by atoms with Crippen LogP contribution in [0.3, 0.4) is 0 Å². The molecule has 124 valence electrons. The molecule has 2 rings (SSSR count). The Balaban J connectivity index is 2.11. The van der Waals surface area contributed by atoms with Gasteiger partial charge in [-0.15, -0.1) is 0 Å². The third-order valence-corrected chi connectivity index (χ3v) is 4.24. The van der Waals surface area contributed by atoms with Crippen molar-refractivity contribution < 1.29 is 19.5 Å². The minimum atomic E-state index is -1.04. The molecule has 1 saturated heterocycles. The molecule has 1 aliphatic rings. The van der Waals surface area contributed by atoms with Gasteiger partial charge in [0.2, 0.25) is 5.91 Å². The lowest BCUT2D eigenvalue weighted by molar-refractivity contribution is -0.149. The van der Waals surface area contributed by atoms with Gasteiger partial charge in [-0.25, -0.2) is 0 Å². The summed E-state index contributed by atoms with van der Waals surface area (Å²) in [4.78, 5) is 38.9. The molecule has 0 aromatic heterocycles. The summed E-state index contributed by atoms with van der Waals surface area (Å²) >= 11 is 0. The van der Waals surface area contributed by atoms with Crippen LogP contribution in [0.5, 0.6) is 0 Å². The van der Waals surface area contributed by atoms with Gasteiger partial charge in [0.25, 0.3) is 5.91 Å². The Bertz CT molecular complexity index is 602. The number of carbonyl (C=O) groups is 3. The zero-order chi connectivity index (χ0) is 17.0. The quantitative estimate of drug-likeness (QED) is 0.912. The second-order valence-electron chi connectivity index (χ2n) is 6.31. The molecule has 0 bridgehead atoms. The Kier molecular flexibility index (Phi) is 5.03. The van der Waals surface area contributed by atoms with Crippen molar-refractivity contribution in [3.8, 4) is 0 Å². The molecule has 1 atom stereocenters. The number of carboxylic acids is 1. The van der Waals surface area contributed by atoms with Crippen LogP contribution in [0.1, 0.15) is 30.1 Å². The van der Waals surface area contributed by atoms with E-state index in [1.165, 1.54) is 11.9 Å². The third kappa shape index (κ3) is 3.88. The molecule has 0 aliphatic carbocycles. The second kappa shape index (κ2) is 6.81. The first-order valence-corrected chi connectivity index (χ1v) is 7.65. The standard InChI is InChI=1S/C17H22N2O4/c1-17(16(23)18(2)11-14(20)21)9-6-10-19(12-17)15(22)13-7-4-3-5-8-13/h3-5,7-8H,6,9-12H2,1-2H3,(H,20,21). The molecular weight excluding hydrogens is 296 g/mol. The Hall–Kier alpha value is -2.37. The number of hydrogen-bond donors (Lipinski definition) is 1. The van der Waals surface area contributed by atoms with E-state index in [0.717, 1.165) is 6.42 Å². The maximum atomic E-state index is 12.6. The molecule has 6 nitrogen and oxygen atoms in total. The van der Waals surface area contributed by atoms with Crippen LogP contribution in [-0.2, 0) is 9.59 Å². The molecule has 2 amide bonds. The van der Waals surface area contributed by atoms with Gasteiger partial charge in [-0.1, -0.05) is 18.2 Å². The van der Waals surface area contributed by atoms with E-state index < -0.39 is 11.4 Å². The highest BCUT2D eigenvalue weighted by Crippen LogP contribution is 2.32. The summed E-state index contributed by atoms with van der Waals surface area (Å²) < 4.78 is 0. The number of benzene rings is 1. The van der Waals surface area contributed by atoms with Gasteiger partial charge in [0.05, 0.1) is 5.41 Å². The van der Waals surface area contributed by atoms with E-state index in [-0.39, 0.29) is 18.4 Å². The van der Waals surface area contributed by atoms with Gasteiger partial charge >= 0.3 is 5.97 Å². The number of piperidine rings is 1. The molecule has 1 aliphatic heterocycles. The van der Waals surface area contributed by atoms with Gasteiger partial charge < -0.3 is 14.9 Å². The van der Waals surface area contributed by atoms with Crippen molar-refractivity contribution in [2.24, 2.45) is 5.41 Å². The van der Waals surface area contributed by atoms with E-state index in [1.54, 1.807) is 24.0 Å². The van der Waals surface area contributed by atoms with E-state index in [2.05, 4.69) is 0 Å². The number of carboxylic acid groups (broad SMARTS) is 1. The fraction of sp³-hybridized carbons (Fsp3) is 0.471. The zero-order valence-corrected chi connectivity index (χ0v) is 13.5. The lowest BCUT2D eigenvalue weighted by Crippen LogP contribution is -2.52. The third-order valence-electron chi connectivity index (χ3n) is 4.24. The van der Waals surface area contributed by atoms with Gasteiger partial charge in [-0.3, -0.25) is 14.4 Å². The number of rotatable bonds is 4. The second-order valence-corrected chi connectivity index (χ2v) is 6.31. The lowest BCUT2D eigenvalue weighted by Gasteiger charge is -2.41. The van der Waals surface area contributed by atoms with Crippen molar-refractivity contribution in [2.45, 2.75) is 19.8 Å². The molecule has 1 N–H and O–H groups in total. The highest BCUT2D eigenvalue weighted by molar-refractivity contribution is 5.95. The number of amides is 2. The molecule has 1 aromatic carbocycles. The fourth-order valence-electron chi connectivity index (χ4n) is 3.09. The van der Waals surface area contributed by atoms with Crippen molar-refractivity contribution >= 4 is 17.8 Å². The summed E-state index contributed by atoms with van der Waals surface area (Å²) in [5, 5.41) is 8.85. The molecule has 1 unspecified atom stereocenters. The largest absolute Gasteiger partial charge is 0.480 e. The molecule has 0 saturated carbocycles. The minimum absolute atomic E-state index is 0.0924. The smallest absolute Gasteiger partial charge is 0.323 e. The molecule has 1 aromatic rings. The van der Waals surface area contributed by atoms with Crippen LogP contribution in [0.4, 0.5) is 0 Å². The molecular formula is C17H22N2O4. The van der Waals surface area contributed by atoms with Crippen molar-refractivity contribution in [2.75, 3.05) is 26.7 Å². The van der Waals surface area contributed by atoms with Crippen LogP contribution in [-0.4, -0.2) is 59.4 Å². The molecule has 6 heteroatoms. The van der Waals surface area contributed by atoms with Crippen LogP contribution >= 0.6 is 0 Å². The van der Waals surface area contributed by atoms with Crippen LogP contribution in [0.25, 0.3) is 0 Å². The fourth-order valence-corrected chi connectivity index (χ4v) is 3.09. The first-order chi connectivity index (χ1) is 10.8. The minimum Gasteiger partial charge on any atom is -0.480 e. The number of hydrogen-bond acceptors (Lipinski definition) is 3. The van der Waals surface area contributed by atoms with Crippen LogP contribution in [0.2, 0.25) is 0 Å². The first kappa shape index (κ1) is 17.0. The van der Waals surface area contributed by atoms with E-state index in [0.29, 0.717) is 25.1 Å². The summed E-state index contributed by atoms with van der Waals surface area (Å²) in [7, 11) is 1.49. The lowest BCUT2D eigenvalue weighted by atomic mass is 9.80. The number of aliphatic carboxylic acids is 1. The highest BCUT2D eigenvalue weighted by atomic mass is 16.4. The predicted octanol–water partition coefficient (Wildman–Crippen LogP) is 1.47. The predicted molar refractivity (Wildman–Crippen MR) is 85.0 cm³/mol. The normalized spacial score (nSPS) is 20.9. The SMILES string of the molecule is CN(CC(=O)O)C(=O)C1(C)CCCN(C(=O)c2ccccc2)C1. The number of nitrogens with zero attached hydrogens (tertiary/aromatic N) is 2. The van der Waals surface area contributed by atoms with Gasteiger partial charge in [-0.05, 0) is 31.9 Å². The van der Waals surface area contributed by atoms with E-state index in [9.17, 15) is 14.4 Å². The Labute approximate surface area is 135 Å². The molecule has 0 spiro atoms. The average molecular weight is 318 g/mol. The van der Waals surface area contributed by atoms with E-state index in [4.69, 9.17) is 5.11 Å². The summed E-state index contributed by atoms with van der Waals surface area (Å²) in [6, 6.07) is 8.98. The maximum absolute atomic E-state index is 12.6. The Morgan fingerprint density at radius 2 is 1.91 bits per heavy atom. The number of likely N-dealkylation sites (tertiary alicyclic amines) is 1. The molecule has 0 radical (unpaired) electrons. The van der Waals surface area contributed by atoms with Crippen molar-refractivity contribution in [1.29, 1.82) is 0 Å². The molecule has 1 fully saturated rings. The summed E-state index contributed by atoms with van der Waals surface area (Å²) in [5.74, 6) is -1.37. The molecule has 1 heterocycles. The Morgan fingerprint density at radius 3 is 2.52 bits per heavy atom. The van der Waals surface area contributed by atoms with Gasteiger partial charge in [0.1, 0.15) is 6.54 Å². The van der Waals surface area contributed by atoms with Gasteiger partial charge in [0, 0.05) is 25.7 Å². The van der Waals surface area contributed by atoms with Crippen LogP contribution < -0.4 is 0 Å². The number of carbonyl (C=O) groups excluding carboxylic acids is 2. The first-order valence-electron chi connectivity index (χ1n) is 7.65. The van der Waals surface area contributed by atoms with Gasteiger partial charge in [-0.2, -0.15) is 0 Å². The van der Waals surface area contributed by atoms with Crippen molar-refractivity contribution in [1.82, 2.24) is 9.80 Å². The average Bonchev–Trinajstić information content (AvgIpc) is 2.53. The van der Waals surface area contributed by atoms with Crippen molar-refractivity contribution in [3.05, 3.63) is 35.9 Å². The monoisotopic (exact) mass is 318 g/mol. The number of likely N-dealkylation sites (N-methyl/N-ethyl adjacent to an activating group) is 1. The van der Waals surface area contributed by atoms with Crippen LogP contribution in [0.15, 0.2) is 30.3 Å². The highest BCUT2D eigenvalue weighted by Gasteiger charge is 2.41.